The first-order valence-electron chi connectivity index (χ1n) is 5.37. The number of rotatable bonds is 3. The van der Waals surface area contributed by atoms with Crippen LogP contribution in [0.3, 0.4) is 0 Å². The molecule has 6 heteroatoms. The molecule has 0 aromatic carbocycles. The Morgan fingerprint density at radius 2 is 1.94 bits per heavy atom. The Morgan fingerprint density at radius 3 is 2.50 bits per heavy atom. The van der Waals surface area contributed by atoms with Gasteiger partial charge in [0.25, 0.3) is 5.91 Å². The summed E-state index contributed by atoms with van der Waals surface area (Å²) in [5.41, 5.74) is 0.546. The number of anilines is 2. The van der Waals surface area contributed by atoms with Crippen molar-refractivity contribution in [2.75, 3.05) is 19.4 Å². The summed E-state index contributed by atoms with van der Waals surface area (Å²) < 4.78 is 0. The number of hydrogen-bond acceptors (Lipinski definition) is 5. The molecule has 2 rings (SSSR count). The number of pyridine rings is 1. The number of hydrogen-bond donors (Lipinski definition) is 1. The van der Waals surface area contributed by atoms with Gasteiger partial charge < -0.3 is 10.2 Å². The molecule has 0 unspecified atom stereocenters. The van der Waals surface area contributed by atoms with Crippen LogP contribution in [0.5, 0.6) is 0 Å². The van der Waals surface area contributed by atoms with Gasteiger partial charge in [-0.3, -0.25) is 9.78 Å². The minimum absolute atomic E-state index is 0.0754. The summed E-state index contributed by atoms with van der Waals surface area (Å²) in [5.74, 6) is 1.15. The fourth-order valence-corrected chi connectivity index (χ4v) is 1.35. The predicted molar refractivity (Wildman–Crippen MR) is 67.6 cm³/mol. The summed E-state index contributed by atoms with van der Waals surface area (Å²) in [6, 6.07) is 3.44. The molecular weight excluding hydrogens is 230 g/mol. The lowest BCUT2D eigenvalue weighted by Crippen LogP contribution is -2.21. The molecule has 0 aliphatic rings. The van der Waals surface area contributed by atoms with Crippen molar-refractivity contribution in [2.24, 2.45) is 0 Å². The third kappa shape index (κ3) is 2.79. The minimum Gasteiger partial charge on any atom is -0.345 e. The zero-order chi connectivity index (χ0) is 13.0. The van der Waals surface area contributed by atoms with Gasteiger partial charge >= 0.3 is 0 Å². The normalized spacial score (nSPS) is 9.89. The first kappa shape index (κ1) is 12.0. The van der Waals surface area contributed by atoms with Crippen molar-refractivity contribution < 1.29 is 4.79 Å². The molecule has 18 heavy (non-hydrogen) atoms. The molecule has 2 heterocycles. The fourth-order valence-electron chi connectivity index (χ4n) is 1.35. The standard InChI is InChI=1S/C12H13N5O/c1-17(2)12(18)9-3-4-10(15-7-9)16-11-8-13-5-6-14-11/h3-8H,1-2H3,(H,14,15,16). The fraction of sp³-hybridized carbons (Fsp3) is 0.167. The summed E-state index contributed by atoms with van der Waals surface area (Å²) in [7, 11) is 3.40. The first-order valence-corrected chi connectivity index (χ1v) is 5.37. The smallest absolute Gasteiger partial charge is 0.254 e. The van der Waals surface area contributed by atoms with Crippen LogP contribution in [0.25, 0.3) is 0 Å². The summed E-state index contributed by atoms with van der Waals surface area (Å²) in [6.07, 6.45) is 6.31. The molecule has 0 saturated carbocycles. The molecule has 0 spiro atoms. The monoisotopic (exact) mass is 243 g/mol. The number of carbonyl (C=O) groups excluding carboxylic acids is 1. The number of carbonyl (C=O) groups is 1. The highest BCUT2D eigenvalue weighted by atomic mass is 16.2. The lowest BCUT2D eigenvalue weighted by atomic mass is 10.2. The van der Waals surface area contributed by atoms with Crippen LogP contribution in [0.4, 0.5) is 11.6 Å². The second-order valence-electron chi connectivity index (χ2n) is 3.85. The van der Waals surface area contributed by atoms with Gasteiger partial charge in [0, 0.05) is 32.7 Å². The molecule has 1 N–H and O–H groups in total. The van der Waals surface area contributed by atoms with Crippen LogP contribution in [0, 0.1) is 0 Å². The van der Waals surface area contributed by atoms with Gasteiger partial charge in [0.2, 0.25) is 0 Å². The van der Waals surface area contributed by atoms with Gasteiger partial charge in [-0.05, 0) is 12.1 Å². The second kappa shape index (κ2) is 5.22. The molecule has 2 aromatic rings. The van der Waals surface area contributed by atoms with Gasteiger partial charge in [-0.25, -0.2) is 9.97 Å². The van der Waals surface area contributed by atoms with E-state index in [0.717, 1.165) is 0 Å². The van der Waals surface area contributed by atoms with Crippen LogP contribution >= 0.6 is 0 Å². The van der Waals surface area contributed by atoms with Gasteiger partial charge in [-0.2, -0.15) is 0 Å². The number of aromatic nitrogens is 3. The maximum absolute atomic E-state index is 11.7. The van der Waals surface area contributed by atoms with Crippen LogP contribution in [-0.4, -0.2) is 39.9 Å². The summed E-state index contributed by atoms with van der Waals surface area (Å²) in [4.78, 5) is 25.3. The Hall–Kier alpha value is -2.50. The third-order valence-corrected chi connectivity index (χ3v) is 2.24. The van der Waals surface area contributed by atoms with Crippen molar-refractivity contribution >= 4 is 17.5 Å². The van der Waals surface area contributed by atoms with Gasteiger partial charge in [0.1, 0.15) is 11.6 Å². The highest BCUT2D eigenvalue weighted by Crippen LogP contribution is 2.11. The molecule has 0 fully saturated rings. The van der Waals surface area contributed by atoms with Gasteiger partial charge in [0.15, 0.2) is 0 Å². The van der Waals surface area contributed by atoms with Crippen molar-refractivity contribution in [3.05, 3.63) is 42.5 Å². The molecular formula is C12H13N5O. The highest BCUT2D eigenvalue weighted by molar-refractivity contribution is 5.93. The minimum atomic E-state index is -0.0754. The van der Waals surface area contributed by atoms with E-state index in [-0.39, 0.29) is 5.91 Å². The average molecular weight is 243 g/mol. The lowest BCUT2D eigenvalue weighted by molar-refractivity contribution is 0.0827. The zero-order valence-electron chi connectivity index (χ0n) is 10.2. The predicted octanol–water partition coefficient (Wildman–Crippen LogP) is 1.32. The summed E-state index contributed by atoms with van der Waals surface area (Å²) in [6.45, 7) is 0. The van der Waals surface area contributed by atoms with Gasteiger partial charge in [-0.15, -0.1) is 0 Å². The molecule has 0 saturated heterocycles. The molecule has 6 nitrogen and oxygen atoms in total. The van der Waals surface area contributed by atoms with E-state index >= 15 is 0 Å². The molecule has 0 aliphatic heterocycles. The maximum Gasteiger partial charge on any atom is 0.254 e. The first-order chi connectivity index (χ1) is 8.66. The van der Waals surface area contributed by atoms with E-state index < -0.39 is 0 Å². The molecule has 1 amide bonds. The van der Waals surface area contributed by atoms with Gasteiger partial charge in [-0.1, -0.05) is 0 Å². The van der Waals surface area contributed by atoms with Crippen molar-refractivity contribution in [3.8, 4) is 0 Å². The van der Waals surface area contributed by atoms with E-state index in [1.807, 2.05) is 0 Å². The second-order valence-corrected chi connectivity index (χ2v) is 3.85. The van der Waals surface area contributed by atoms with Gasteiger partial charge in [0.05, 0.1) is 11.8 Å². The van der Waals surface area contributed by atoms with E-state index in [4.69, 9.17) is 0 Å². The Labute approximate surface area is 105 Å². The van der Waals surface area contributed by atoms with Crippen LogP contribution in [0.1, 0.15) is 10.4 Å². The molecule has 0 bridgehead atoms. The quantitative estimate of drug-likeness (QED) is 0.880. The summed E-state index contributed by atoms with van der Waals surface area (Å²) in [5, 5.41) is 2.99. The zero-order valence-corrected chi connectivity index (χ0v) is 10.2. The Bertz CT molecular complexity index is 524. The third-order valence-electron chi connectivity index (χ3n) is 2.24. The largest absolute Gasteiger partial charge is 0.345 e. The van der Waals surface area contributed by atoms with E-state index in [1.54, 1.807) is 44.8 Å². The van der Waals surface area contributed by atoms with Crippen LogP contribution in [0.2, 0.25) is 0 Å². The average Bonchev–Trinajstić information content (AvgIpc) is 2.40. The molecule has 0 atom stereocenters. The molecule has 92 valence electrons. The molecule has 0 radical (unpaired) electrons. The van der Waals surface area contributed by atoms with Crippen LogP contribution in [0.15, 0.2) is 36.9 Å². The summed E-state index contributed by atoms with van der Waals surface area (Å²) >= 11 is 0. The van der Waals surface area contributed by atoms with Crippen LogP contribution in [-0.2, 0) is 0 Å². The lowest BCUT2D eigenvalue weighted by Gasteiger charge is -2.10. The van der Waals surface area contributed by atoms with E-state index in [0.29, 0.717) is 17.2 Å². The van der Waals surface area contributed by atoms with Crippen molar-refractivity contribution in [2.45, 2.75) is 0 Å². The Kier molecular flexibility index (Phi) is 3.47. The topological polar surface area (TPSA) is 71.0 Å². The molecule has 0 aliphatic carbocycles. The Morgan fingerprint density at radius 1 is 1.11 bits per heavy atom. The number of nitrogens with zero attached hydrogens (tertiary/aromatic N) is 4. The number of nitrogens with one attached hydrogen (secondary N) is 1. The SMILES string of the molecule is CN(C)C(=O)c1ccc(Nc2cnccn2)nc1. The highest BCUT2D eigenvalue weighted by Gasteiger charge is 2.08. The van der Waals surface area contributed by atoms with Crippen LogP contribution < -0.4 is 5.32 Å². The van der Waals surface area contributed by atoms with E-state index in [1.165, 1.54) is 11.1 Å². The Balaban J connectivity index is 2.11. The number of amides is 1. The van der Waals surface area contributed by atoms with E-state index in [2.05, 4.69) is 20.3 Å². The van der Waals surface area contributed by atoms with Crippen molar-refractivity contribution in [3.63, 3.8) is 0 Å². The van der Waals surface area contributed by atoms with Crippen molar-refractivity contribution in [1.29, 1.82) is 0 Å². The van der Waals surface area contributed by atoms with E-state index in [9.17, 15) is 4.79 Å². The van der Waals surface area contributed by atoms with Crippen molar-refractivity contribution in [1.82, 2.24) is 19.9 Å². The molecule has 2 aromatic heterocycles. The maximum atomic E-state index is 11.7.